The summed E-state index contributed by atoms with van der Waals surface area (Å²) in [5.41, 5.74) is 4.34. The summed E-state index contributed by atoms with van der Waals surface area (Å²) in [7, 11) is 0. The molecule has 27 heavy (non-hydrogen) atoms. The minimum atomic E-state index is -0.0992. The van der Waals surface area contributed by atoms with Crippen molar-refractivity contribution in [1.29, 1.82) is 0 Å². The van der Waals surface area contributed by atoms with Crippen LogP contribution in [0.5, 0.6) is 0 Å². The zero-order chi connectivity index (χ0) is 19.6. The van der Waals surface area contributed by atoms with Crippen molar-refractivity contribution < 1.29 is 4.79 Å². The van der Waals surface area contributed by atoms with E-state index in [4.69, 9.17) is 0 Å². The van der Waals surface area contributed by atoms with Crippen LogP contribution in [0.3, 0.4) is 0 Å². The van der Waals surface area contributed by atoms with E-state index in [9.17, 15) is 4.79 Å². The van der Waals surface area contributed by atoms with Crippen LogP contribution in [0.25, 0.3) is 5.69 Å². The Kier molecular flexibility index (Phi) is 5.96. The van der Waals surface area contributed by atoms with E-state index in [1.807, 2.05) is 16.9 Å². The molecular formula is C19H23N5OS2. The van der Waals surface area contributed by atoms with E-state index in [0.29, 0.717) is 16.2 Å². The summed E-state index contributed by atoms with van der Waals surface area (Å²) in [6.45, 7) is 10.2. The van der Waals surface area contributed by atoms with Gasteiger partial charge >= 0.3 is 0 Å². The molecule has 0 fully saturated rings. The van der Waals surface area contributed by atoms with Crippen molar-refractivity contribution in [3.8, 4) is 5.69 Å². The number of carbonyl (C=O) groups excluding carboxylic acids is 1. The lowest BCUT2D eigenvalue weighted by molar-refractivity contribution is -0.113. The Morgan fingerprint density at radius 2 is 2.04 bits per heavy atom. The van der Waals surface area contributed by atoms with E-state index in [1.54, 1.807) is 0 Å². The summed E-state index contributed by atoms with van der Waals surface area (Å²) in [5, 5.41) is 14.6. The predicted octanol–water partition coefficient (Wildman–Crippen LogP) is 4.50. The van der Waals surface area contributed by atoms with E-state index >= 15 is 0 Å². The number of thiazole rings is 1. The maximum Gasteiger partial charge on any atom is 0.236 e. The van der Waals surface area contributed by atoms with Gasteiger partial charge in [0.05, 0.1) is 17.1 Å². The third-order valence-electron chi connectivity index (χ3n) is 4.09. The first kappa shape index (κ1) is 19.6. The summed E-state index contributed by atoms with van der Waals surface area (Å²) in [6, 6.07) is 6.27. The van der Waals surface area contributed by atoms with Crippen LogP contribution in [0.4, 0.5) is 5.13 Å². The van der Waals surface area contributed by atoms with Crippen molar-refractivity contribution in [1.82, 2.24) is 19.7 Å². The molecule has 0 spiro atoms. The first-order valence-electron chi connectivity index (χ1n) is 8.73. The average Bonchev–Trinajstić information content (AvgIpc) is 3.22. The SMILES string of the molecule is Cc1ccc(C)c(-n2c(C)nnc2SCC(=O)Nc2nc(C(C)C)cs2)c1. The molecule has 0 saturated carbocycles. The second-order valence-electron chi connectivity index (χ2n) is 6.72. The number of amides is 1. The van der Waals surface area contributed by atoms with Crippen LogP contribution in [0.15, 0.2) is 28.7 Å². The number of rotatable bonds is 6. The van der Waals surface area contributed by atoms with Crippen LogP contribution in [0.1, 0.15) is 42.4 Å². The molecular weight excluding hydrogens is 378 g/mol. The number of nitrogens with zero attached hydrogens (tertiary/aromatic N) is 4. The highest BCUT2D eigenvalue weighted by Crippen LogP contribution is 2.26. The van der Waals surface area contributed by atoms with Crippen LogP contribution >= 0.6 is 23.1 Å². The number of nitrogens with one attached hydrogen (secondary N) is 1. The van der Waals surface area contributed by atoms with Crippen LogP contribution < -0.4 is 5.32 Å². The van der Waals surface area contributed by atoms with Crippen molar-refractivity contribution in [2.75, 3.05) is 11.1 Å². The van der Waals surface area contributed by atoms with Crippen LogP contribution in [0, 0.1) is 20.8 Å². The number of hydrogen-bond acceptors (Lipinski definition) is 6. The first-order chi connectivity index (χ1) is 12.8. The summed E-state index contributed by atoms with van der Waals surface area (Å²) < 4.78 is 2.00. The lowest BCUT2D eigenvalue weighted by atomic mass is 10.1. The zero-order valence-corrected chi connectivity index (χ0v) is 17.7. The largest absolute Gasteiger partial charge is 0.301 e. The highest BCUT2D eigenvalue weighted by atomic mass is 32.2. The molecule has 8 heteroatoms. The molecule has 142 valence electrons. The fraction of sp³-hybridized carbons (Fsp3) is 0.368. The Hall–Kier alpha value is -2.19. The van der Waals surface area contributed by atoms with Gasteiger partial charge in [-0.1, -0.05) is 37.7 Å². The average molecular weight is 402 g/mol. The second kappa shape index (κ2) is 8.22. The Labute approximate surface area is 167 Å². The van der Waals surface area contributed by atoms with Gasteiger partial charge in [0.2, 0.25) is 5.91 Å². The van der Waals surface area contributed by atoms with Gasteiger partial charge in [-0.3, -0.25) is 9.36 Å². The lowest BCUT2D eigenvalue weighted by Crippen LogP contribution is -2.14. The van der Waals surface area contributed by atoms with Gasteiger partial charge < -0.3 is 5.32 Å². The van der Waals surface area contributed by atoms with Crippen molar-refractivity contribution in [3.05, 3.63) is 46.2 Å². The summed E-state index contributed by atoms with van der Waals surface area (Å²) in [6.07, 6.45) is 0. The minimum absolute atomic E-state index is 0.0992. The van der Waals surface area contributed by atoms with E-state index in [1.165, 1.54) is 28.7 Å². The molecule has 2 heterocycles. The Morgan fingerprint density at radius 3 is 2.74 bits per heavy atom. The molecule has 0 aliphatic heterocycles. The number of anilines is 1. The van der Waals surface area contributed by atoms with Crippen molar-refractivity contribution in [2.24, 2.45) is 0 Å². The molecule has 0 aliphatic carbocycles. The standard InChI is InChI=1S/C19H23N5OS2/c1-11(2)15-9-26-18(20-15)21-17(25)10-27-19-23-22-14(5)24(19)16-8-12(3)6-7-13(16)4/h6-9,11H,10H2,1-5H3,(H,20,21,25). The molecule has 1 aromatic carbocycles. The molecule has 3 rings (SSSR count). The number of aromatic nitrogens is 4. The summed E-state index contributed by atoms with van der Waals surface area (Å²) in [4.78, 5) is 16.8. The minimum Gasteiger partial charge on any atom is -0.301 e. The molecule has 1 amide bonds. The van der Waals surface area contributed by atoms with Gasteiger partial charge in [0.1, 0.15) is 5.82 Å². The third-order valence-corrected chi connectivity index (χ3v) is 5.80. The Morgan fingerprint density at radius 1 is 1.26 bits per heavy atom. The quantitative estimate of drug-likeness (QED) is 0.616. The molecule has 0 unspecified atom stereocenters. The predicted molar refractivity (Wildman–Crippen MR) is 111 cm³/mol. The smallest absolute Gasteiger partial charge is 0.236 e. The van der Waals surface area contributed by atoms with Gasteiger partial charge in [0.25, 0.3) is 0 Å². The highest BCUT2D eigenvalue weighted by molar-refractivity contribution is 7.99. The van der Waals surface area contributed by atoms with Crippen molar-refractivity contribution in [3.63, 3.8) is 0 Å². The molecule has 0 atom stereocenters. The number of carbonyl (C=O) groups is 1. The van der Waals surface area contributed by atoms with E-state index in [0.717, 1.165) is 22.8 Å². The van der Waals surface area contributed by atoms with Gasteiger partial charge in [0, 0.05) is 5.38 Å². The molecule has 3 aromatic rings. The maximum atomic E-state index is 12.3. The van der Waals surface area contributed by atoms with Crippen LogP contribution in [0.2, 0.25) is 0 Å². The zero-order valence-electron chi connectivity index (χ0n) is 16.1. The Bertz CT molecular complexity index is 961. The van der Waals surface area contributed by atoms with Gasteiger partial charge in [-0.2, -0.15) is 0 Å². The third kappa shape index (κ3) is 4.56. The van der Waals surface area contributed by atoms with Crippen molar-refractivity contribution in [2.45, 2.75) is 45.7 Å². The highest BCUT2D eigenvalue weighted by Gasteiger charge is 2.16. The lowest BCUT2D eigenvalue weighted by Gasteiger charge is -2.12. The van der Waals surface area contributed by atoms with Gasteiger partial charge in [-0.25, -0.2) is 4.98 Å². The maximum absolute atomic E-state index is 12.3. The van der Waals surface area contributed by atoms with E-state index in [-0.39, 0.29) is 11.7 Å². The fourth-order valence-corrected chi connectivity index (χ4v) is 4.25. The van der Waals surface area contributed by atoms with E-state index < -0.39 is 0 Å². The topological polar surface area (TPSA) is 72.7 Å². The molecule has 2 aromatic heterocycles. The first-order valence-corrected chi connectivity index (χ1v) is 10.6. The molecule has 0 saturated heterocycles. The normalized spacial score (nSPS) is 11.2. The number of thioether (sulfide) groups is 1. The van der Waals surface area contributed by atoms with Gasteiger partial charge in [-0.15, -0.1) is 21.5 Å². The van der Waals surface area contributed by atoms with E-state index in [2.05, 4.69) is 66.4 Å². The monoisotopic (exact) mass is 401 g/mol. The molecule has 1 N–H and O–H groups in total. The van der Waals surface area contributed by atoms with Gasteiger partial charge in [0.15, 0.2) is 10.3 Å². The number of aryl methyl sites for hydroxylation is 3. The Balaban J connectivity index is 1.71. The van der Waals surface area contributed by atoms with Crippen LogP contribution in [-0.4, -0.2) is 31.4 Å². The molecule has 0 aliphatic rings. The fourth-order valence-electron chi connectivity index (χ4n) is 2.57. The van der Waals surface area contributed by atoms with Crippen molar-refractivity contribution >= 4 is 34.1 Å². The second-order valence-corrected chi connectivity index (χ2v) is 8.52. The summed E-state index contributed by atoms with van der Waals surface area (Å²) in [5.74, 6) is 1.30. The number of benzene rings is 1. The number of hydrogen-bond donors (Lipinski definition) is 1. The molecule has 0 bridgehead atoms. The van der Waals surface area contributed by atoms with Crippen LogP contribution in [-0.2, 0) is 4.79 Å². The van der Waals surface area contributed by atoms with Gasteiger partial charge in [-0.05, 0) is 43.9 Å². The molecule has 0 radical (unpaired) electrons. The molecule has 6 nitrogen and oxygen atoms in total. The summed E-state index contributed by atoms with van der Waals surface area (Å²) >= 11 is 2.82.